The third kappa shape index (κ3) is 2.12. The van der Waals surface area contributed by atoms with Crippen molar-refractivity contribution >= 4 is 27.3 Å². The Morgan fingerprint density at radius 2 is 2.40 bits per heavy atom. The van der Waals surface area contributed by atoms with Crippen molar-refractivity contribution in [1.29, 1.82) is 0 Å². The Morgan fingerprint density at radius 1 is 1.60 bits per heavy atom. The Balaban J connectivity index is 2.36. The van der Waals surface area contributed by atoms with Gasteiger partial charge in [-0.1, -0.05) is 0 Å². The third-order valence-electron chi connectivity index (χ3n) is 2.10. The zero-order valence-corrected chi connectivity index (χ0v) is 10.5. The summed E-state index contributed by atoms with van der Waals surface area (Å²) in [4.78, 5) is 1.14. The zero-order chi connectivity index (χ0) is 10.8. The average Bonchev–Trinajstić information content (AvgIpc) is 2.79. The third-order valence-corrected chi connectivity index (χ3v) is 4.04. The van der Waals surface area contributed by atoms with Gasteiger partial charge in [0, 0.05) is 22.6 Å². The molecule has 2 heterocycles. The van der Waals surface area contributed by atoms with Gasteiger partial charge in [0.15, 0.2) is 0 Å². The second kappa shape index (κ2) is 4.44. The Bertz CT molecular complexity index is 450. The first-order valence-electron chi connectivity index (χ1n) is 4.41. The predicted octanol–water partition coefficient (Wildman–Crippen LogP) is 1.80. The molecule has 0 bridgehead atoms. The van der Waals surface area contributed by atoms with Crippen molar-refractivity contribution in [3.05, 3.63) is 38.8 Å². The van der Waals surface area contributed by atoms with Crippen molar-refractivity contribution < 1.29 is 0 Å². The van der Waals surface area contributed by atoms with E-state index in [0.717, 1.165) is 15.0 Å². The first-order chi connectivity index (χ1) is 7.22. The van der Waals surface area contributed by atoms with Crippen LogP contribution in [0.1, 0.15) is 16.6 Å². The lowest BCUT2D eigenvalue weighted by Crippen LogP contribution is -2.28. The van der Waals surface area contributed by atoms with Crippen LogP contribution in [0, 0.1) is 0 Å². The van der Waals surface area contributed by atoms with Gasteiger partial charge in [-0.2, -0.15) is 5.10 Å². The van der Waals surface area contributed by atoms with E-state index in [1.165, 1.54) is 0 Å². The average molecular weight is 287 g/mol. The molecule has 2 rings (SSSR count). The van der Waals surface area contributed by atoms with Crippen molar-refractivity contribution in [2.45, 2.75) is 6.04 Å². The molecule has 0 aromatic carbocycles. The highest BCUT2D eigenvalue weighted by atomic mass is 79.9. The molecule has 0 aliphatic rings. The Morgan fingerprint density at radius 3 is 2.87 bits per heavy atom. The fraction of sp³-hybridized carbons (Fsp3) is 0.222. The number of hydrogen-bond acceptors (Lipinski definition) is 4. The van der Waals surface area contributed by atoms with Gasteiger partial charge in [0.25, 0.3) is 0 Å². The molecule has 1 unspecified atom stereocenters. The topological polar surface area (TPSA) is 55.9 Å². The molecule has 6 heteroatoms. The quantitative estimate of drug-likeness (QED) is 0.668. The van der Waals surface area contributed by atoms with Crippen LogP contribution in [0.5, 0.6) is 0 Å². The molecule has 0 radical (unpaired) electrons. The number of hydrazine groups is 1. The van der Waals surface area contributed by atoms with Crippen LogP contribution < -0.4 is 11.3 Å². The van der Waals surface area contributed by atoms with Crippen LogP contribution in [-0.2, 0) is 7.05 Å². The maximum atomic E-state index is 5.56. The number of nitrogens with zero attached hydrogens (tertiary/aromatic N) is 2. The smallest absolute Gasteiger partial charge is 0.100 e. The van der Waals surface area contributed by atoms with Gasteiger partial charge in [-0.3, -0.25) is 10.5 Å². The number of aryl methyl sites for hydroxylation is 1. The largest absolute Gasteiger partial charge is 0.275 e. The fourth-order valence-corrected chi connectivity index (χ4v) is 3.07. The van der Waals surface area contributed by atoms with Crippen molar-refractivity contribution in [2.75, 3.05) is 0 Å². The highest BCUT2D eigenvalue weighted by molar-refractivity contribution is 9.10. The summed E-state index contributed by atoms with van der Waals surface area (Å²) in [6, 6.07) is 3.91. The second-order valence-corrected chi connectivity index (χ2v) is 4.95. The SMILES string of the molecule is Cn1ccc(C(NN)c2sccc2Br)n1. The zero-order valence-electron chi connectivity index (χ0n) is 8.14. The van der Waals surface area contributed by atoms with Crippen LogP contribution in [0.4, 0.5) is 0 Å². The first kappa shape index (κ1) is 10.8. The minimum Gasteiger partial charge on any atom is -0.275 e. The normalized spacial score (nSPS) is 13.0. The standard InChI is InChI=1S/C9H11BrN4S/c1-14-4-2-7(13-14)8(12-11)9-6(10)3-5-15-9/h2-5,8,12H,11H2,1H3. The number of rotatable bonds is 3. The van der Waals surface area contributed by atoms with Crippen LogP contribution in [-0.4, -0.2) is 9.78 Å². The number of nitrogens with two attached hydrogens (primary N) is 1. The lowest BCUT2D eigenvalue weighted by Gasteiger charge is -2.12. The van der Waals surface area contributed by atoms with E-state index in [0.29, 0.717) is 0 Å². The van der Waals surface area contributed by atoms with E-state index >= 15 is 0 Å². The number of aromatic nitrogens is 2. The summed E-state index contributed by atoms with van der Waals surface area (Å²) >= 11 is 5.14. The first-order valence-corrected chi connectivity index (χ1v) is 6.08. The number of halogens is 1. The molecule has 4 nitrogen and oxygen atoms in total. The molecule has 0 saturated carbocycles. The van der Waals surface area contributed by atoms with Crippen molar-refractivity contribution in [3.63, 3.8) is 0 Å². The summed E-state index contributed by atoms with van der Waals surface area (Å²) in [6.07, 6.45) is 1.90. The van der Waals surface area contributed by atoms with Gasteiger partial charge >= 0.3 is 0 Å². The maximum absolute atomic E-state index is 5.56. The highest BCUT2D eigenvalue weighted by Gasteiger charge is 2.18. The van der Waals surface area contributed by atoms with Gasteiger partial charge in [0.2, 0.25) is 0 Å². The Labute approximate surface area is 100 Å². The minimum atomic E-state index is -0.0550. The summed E-state index contributed by atoms with van der Waals surface area (Å²) in [5.74, 6) is 5.56. The molecule has 0 spiro atoms. The van der Waals surface area contributed by atoms with E-state index in [-0.39, 0.29) is 6.04 Å². The summed E-state index contributed by atoms with van der Waals surface area (Å²) in [5.41, 5.74) is 3.70. The maximum Gasteiger partial charge on any atom is 0.100 e. The monoisotopic (exact) mass is 286 g/mol. The van der Waals surface area contributed by atoms with E-state index in [2.05, 4.69) is 26.5 Å². The molecule has 0 fully saturated rings. The van der Waals surface area contributed by atoms with Crippen LogP contribution in [0.2, 0.25) is 0 Å². The molecular formula is C9H11BrN4S. The predicted molar refractivity (Wildman–Crippen MR) is 64.4 cm³/mol. The van der Waals surface area contributed by atoms with Gasteiger partial charge in [-0.25, -0.2) is 5.43 Å². The van der Waals surface area contributed by atoms with Gasteiger partial charge in [0.1, 0.15) is 6.04 Å². The second-order valence-electron chi connectivity index (χ2n) is 3.15. The molecular weight excluding hydrogens is 276 g/mol. The van der Waals surface area contributed by atoms with Crippen molar-refractivity contribution in [1.82, 2.24) is 15.2 Å². The number of thiophene rings is 1. The molecule has 0 aliphatic heterocycles. The lowest BCUT2D eigenvalue weighted by molar-refractivity contribution is 0.610. The minimum absolute atomic E-state index is 0.0550. The Kier molecular flexibility index (Phi) is 3.20. The van der Waals surface area contributed by atoms with Gasteiger partial charge in [-0.15, -0.1) is 11.3 Å². The van der Waals surface area contributed by atoms with Crippen LogP contribution in [0.25, 0.3) is 0 Å². The summed E-state index contributed by atoms with van der Waals surface area (Å²) in [7, 11) is 1.89. The fourth-order valence-electron chi connectivity index (χ4n) is 1.39. The summed E-state index contributed by atoms with van der Waals surface area (Å²) < 4.78 is 2.82. The molecule has 2 aromatic heterocycles. The van der Waals surface area contributed by atoms with Crippen LogP contribution in [0.15, 0.2) is 28.2 Å². The molecule has 3 N–H and O–H groups in total. The van der Waals surface area contributed by atoms with E-state index in [9.17, 15) is 0 Å². The van der Waals surface area contributed by atoms with Crippen molar-refractivity contribution in [2.24, 2.45) is 12.9 Å². The molecule has 2 aromatic rings. The van der Waals surface area contributed by atoms with E-state index in [4.69, 9.17) is 5.84 Å². The van der Waals surface area contributed by atoms with Gasteiger partial charge in [-0.05, 0) is 33.4 Å². The molecule has 15 heavy (non-hydrogen) atoms. The lowest BCUT2D eigenvalue weighted by atomic mass is 10.2. The number of hydrogen-bond donors (Lipinski definition) is 2. The van der Waals surface area contributed by atoms with Gasteiger partial charge in [0.05, 0.1) is 5.69 Å². The van der Waals surface area contributed by atoms with E-state index in [1.54, 1.807) is 16.0 Å². The summed E-state index contributed by atoms with van der Waals surface area (Å²) in [6.45, 7) is 0. The molecule has 0 saturated heterocycles. The van der Waals surface area contributed by atoms with E-state index in [1.807, 2.05) is 30.8 Å². The van der Waals surface area contributed by atoms with Gasteiger partial charge < -0.3 is 0 Å². The van der Waals surface area contributed by atoms with Crippen molar-refractivity contribution in [3.8, 4) is 0 Å². The molecule has 0 aliphatic carbocycles. The van der Waals surface area contributed by atoms with E-state index < -0.39 is 0 Å². The highest BCUT2D eigenvalue weighted by Crippen LogP contribution is 2.31. The molecule has 80 valence electrons. The Hall–Kier alpha value is -0.690. The van der Waals surface area contributed by atoms with Crippen LogP contribution >= 0.6 is 27.3 Å². The summed E-state index contributed by atoms with van der Waals surface area (Å²) in [5, 5.41) is 6.36. The molecule has 0 amide bonds. The number of nitrogens with one attached hydrogen (secondary N) is 1. The molecule has 1 atom stereocenters. The van der Waals surface area contributed by atoms with Crippen LogP contribution in [0.3, 0.4) is 0 Å².